The molecule has 1 saturated heterocycles. The highest BCUT2D eigenvalue weighted by Gasteiger charge is 2.20. The Kier molecular flexibility index (Phi) is 6.38. The Morgan fingerprint density at radius 2 is 1.75 bits per heavy atom. The largest absolute Gasteiger partial charge is 0.378 e. The van der Waals surface area contributed by atoms with Gasteiger partial charge in [-0.25, -0.2) is 4.98 Å². The van der Waals surface area contributed by atoms with E-state index in [1.807, 2.05) is 6.07 Å². The lowest BCUT2D eigenvalue weighted by atomic mass is 9.93. The first-order chi connectivity index (χ1) is 15.4. The number of hydrogen-bond donors (Lipinski definition) is 1. The van der Waals surface area contributed by atoms with Crippen LogP contribution in [0, 0.1) is 15.5 Å². The summed E-state index contributed by atoms with van der Waals surface area (Å²) >= 11 is 3.40. The minimum atomic E-state index is -0.510. The molecule has 0 aliphatic carbocycles. The molecule has 0 spiro atoms. The Morgan fingerprint density at radius 3 is 2.44 bits per heavy atom. The van der Waals surface area contributed by atoms with Crippen LogP contribution in [0.15, 0.2) is 65.3 Å². The van der Waals surface area contributed by atoms with Gasteiger partial charge in [-0.3, -0.25) is 20.3 Å². The molecule has 9 heteroatoms. The van der Waals surface area contributed by atoms with Gasteiger partial charge in [0.1, 0.15) is 5.82 Å². The third-order valence-electron chi connectivity index (χ3n) is 5.21. The Morgan fingerprint density at radius 1 is 1.03 bits per heavy atom. The number of nitro groups is 1. The predicted molar refractivity (Wildman–Crippen MR) is 124 cm³/mol. The number of hydrogen-bond acceptors (Lipinski definition) is 7. The molecule has 1 aliphatic heterocycles. The molecule has 8 nitrogen and oxygen atoms in total. The number of nitro benzene ring substituents is 1. The van der Waals surface area contributed by atoms with E-state index >= 15 is 0 Å². The zero-order valence-corrected chi connectivity index (χ0v) is 18.5. The van der Waals surface area contributed by atoms with E-state index in [4.69, 9.17) is 10.1 Å². The van der Waals surface area contributed by atoms with Crippen molar-refractivity contribution in [2.24, 2.45) is 0 Å². The van der Waals surface area contributed by atoms with Crippen LogP contribution in [0.4, 0.5) is 11.5 Å². The summed E-state index contributed by atoms with van der Waals surface area (Å²) in [4.78, 5) is 30.2. The Labute approximate surface area is 192 Å². The number of nitrogens with one attached hydrogen (secondary N) is 1. The summed E-state index contributed by atoms with van der Waals surface area (Å²) in [5.74, 6) is 0.444. The van der Waals surface area contributed by atoms with Crippen LogP contribution in [0.5, 0.6) is 0 Å². The second-order valence-corrected chi connectivity index (χ2v) is 8.12. The maximum absolute atomic E-state index is 13.2. The predicted octanol–water partition coefficient (Wildman–Crippen LogP) is 4.24. The third-order valence-corrected chi connectivity index (χ3v) is 5.70. The van der Waals surface area contributed by atoms with Crippen molar-refractivity contribution in [1.82, 2.24) is 4.98 Å². The van der Waals surface area contributed by atoms with E-state index in [1.54, 1.807) is 30.5 Å². The molecule has 1 N–H and O–H groups in total. The number of halogens is 1. The fourth-order valence-electron chi connectivity index (χ4n) is 3.51. The molecule has 2 aromatic carbocycles. The number of ether oxygens (including phenoxy) is 1. The molecule has 0 atom stereocenters. The number of pyridine rings is 1. The SMILES string of the molecule is N=C(c1ccnc(N2CCOCC2)c1)c1ccc(Br)cc1C(=O)c1ccc([N+](=O)[O-])cc1. The highest BCUT2D eigenvalue weighted by Crippen LogP contribution is 2.25. The molecule has 0 radical (unpaired) electrons. The molecule has 1 aromatic heterocycles. The van der Waals surface area contributed by atoms with Crippen molar-refractivity contribution >= 4 is 38.9 Å². The fraction of sp³-hybridized carbons (Fsp3) is 0.174. The number of carbonyl (C=O) groups excluding carboxylic acids is 1. The number of carbonyl (C=O) groups is 1. The number of nitrogens with zero attached hydrogens (tertiary/aromatic N) is 3. The maximum atomic E-state index is 13.2. The number of anilines is 1. The third kappa shape index (κ3) is 4.58. The minimum Gasteiger partial charge on any atom is -0.378 e. The number of non-ortho nitro benzene ring substituents is 1. The van der Waals surface area contributed by atoms with Gasteiger partial charge in [0.15, 0.2) is 5.78 Å². The van der Waals surface area contributed by atoms with Crippen LogP contribution in [0.3, 0.4) is 0 Å². The lowest BCUT2D eigenvalue weighted by Crippen LogP contribution is -2.36. The van der Waals surface area contributed by atoms with Crippen LogP contribution in [0.2, 0.25) is 0 Å². The molecule has 0 amide bonds. The standard InChI is InChI=1S/C23H19BrN4O4/c24-17-3-6-19(20(14-17)23(29)15-1-4-18(5-2-15)28(30)31)22(25)16-7-8-26-21(13-16)27-9-11-32-12-10-27/h1-8,13-14,25H,9-12H2. The number of benzene rings is 2. The normalized spacial score (nSPS) is 13.6. The van der Waals surface area contributed by atoms with Gasteiger partial charge in [0, 0.05) is 58.1 Å². The molecular weight excluding hydrogens is 476 g/mol. The molecule has 3 aromatic rings. The Balaban J connectivity index is 1.68. The molecule has 1 aliphatic rings. The van der Waals surface area contributed by atoms with Gasteiger partial charge >= 0.3 is 0 Å². The van der Waals surface area contributed by atoms with Gasteiger partial charge in [-0.05, 0) is 36.4 Å². The van der Waals surface area contributed by atoms with Crippen molar-refractivity contribution < 1.29 is 14.5 Å². The van der Waals surface area contributed by atoms with Crippen molar-refractivity contribution in [2.75, 3.05) is 31.2 Å². The van der Waals surface area contributed by atoms with E-state index in [2.05, 4.69) is 25.8 Å². The zero-order valence-electron chi connectivity index (χ0n) is 17.0. The highest BCUT2D eigenvalue weighted by atomic mass is 79.9. The molecule has 0 saturated carbocycles. The lowest BCUT2D eigenvalue weighted by Gasteiger charge is -2.28. The van der Waals surface area contributed by atoms with Crippen LogP contribution >= 0.6 is 15.9 Å². The second-order valence-electron chi connectivity index (χ2n) is 7.20. The van der Waals surface area contributed by atoms with Gasteiger partial charge in [0.05, 0.1) is 23.8 Å². The van der Waals surface area contributed by atoms with Crippen molar-refractivity contribution in [3.8, 4) is 0 Å². The zero-order chi connectivity index (χ0) is 22.7. The molecule has 2 heterocycles. The number of morpholine rings is 1. The molecule has 0 bridgehead atoms. The highest BCUT2D eigenvalue weighted by molar-refractivity contribution is 9.10. The summed E-state index contributed by atoms with van der Waals surface area (Å²) in [5.41, 5.74) is 1.86. The molecular formula is C23H19BrN4O4. The number of ketones is 1. The lowest BCUT2D eigenvalue weighted by molar-refractivity contribution is -0.384. The van der Waals surface area contributed by atoms with Crippen LogP contribution < -0.4 is 4.90 Å². The molecule has 0 unspecified atom stereocenters. The van der Waals surface area contributed by atoms with Crippen molar-refractivity contribution in [3.63, 3.8) is 0 Å². The van der Waals surface area contributed by atoms with E-state index in [1.165, 1.54) is 24.3 Å². The summed E-state index contributed by atoms with van der Waals surface area (Å²) in [6.07, 6.45) is 1.66. The summed E-state index contributed by atoms with van der Waals surface area (Å²) < 4.78 is 6.09. The Hall–Kier alpha value is -3.43. The summed E-state index contributed by atoms with van der Waals surface area (Å²) in [6.45, 7) is 2.71. The summed E-state index contributed by atoms with van der Waals surface area (Å²) in [6, 6.07) is 14.2. The van der Waals surface area contributed by atoms with Crippen LogP contribution in [-0.2, 0) is 4.74 Å². The van der Waals surface area contributed by atoms with E-state index < -0.39 is 4.92 Å². The van der Waals surface area contributed by atoms with Crippen molar-refractivity contribution in [1.29, 1.82) is 5.41 Å². The van der Waals surface area contributed by atoms with Gasteiger partial charge in [-0.15, -0.1) is 0 Å². The summed E-state index contributed by atoms with van der Waals surface area (Å²) in [7, 11) is 0. The summed E-state index contributed by atoms with van der Waals surface area (Å²) in [5, 5.41) is 19.7. The van der Waals surface area contributed by atoms with Gasteiger partial charge in [0.25, 0.3) is 5.69 Å². The van der Waals surface area contributed by atoms with Crippen LogP contribution in [0.1, 0.15) is 27.0 Å². The smallest absolute Gasteiger partial charge is 0.269 e. The van der Waals surface area contributed by atoms with Gasteiger partial charge < -0.3 is 9.64 Å². The van der Waals surface area contributed by atoms with E-state index in [9.17, 15) is 14.9 Å². The molecule has 4 rings (SSSR count). The molecule has 162 valence electrons. The first-order valence-electron chi connectivity index (χ1n) is 9.91. The van der Waals surface area contributed by atoms with Gasteiger partial charge in [-0.1, -0.05) is 22.0 Å². The number of rotatable bonds is 6. The fourth-order valence-corrected chi connectivity index (χ4v) is 3.87. The monoisotopic (exact) mass is 494 g/mol. The van der Waals surface area contributed by atoms with Crippen molar-refractivity contribution in [3.05, 3.63) is 97.6 Å². The van der Waals surface area contributed by atoms with Gasteiger partial charge in [-0.2, -0.15) is 0 Å². The first-order valence-corrected chi connectivity index (χ1v) is 10.7. The minimum absolute atomic E-state index is 0.0869. The topological polar surface area (TPSA) is 109 Å². The quantitative estimate of drug-likeness (QED) is 0.237. The molecule has 1 fully saturated rings. The average molecular weight is 495 g/mol. The average Bonchev–Trinajstić information content (AvgIpc) is 2.84. The second kappa shape index (κ2) is 9.37. The Bertz CT molecular complexity index is 1190. The number of aromatic nitrogens is 1. The van der Waals surface area contributed by atoms with E-state index in [0.717, 1.165) is 18.9 Å². The van der Waals surface area contributed by atoms with Crippen LogP contribution in [0.25, 0.3) is 0 Å². The van der Waals surface area contributed by atoms with Gasteiger partial charge in [0.2, 0.25) is 0 Å². The molecule has 32 heavy (non-hydrogen) atoms. The van der Waals surface area contributed by atoms with E-state index in [0.29, 0.717) is 39.9 Å². The van der Waals surface area contributed by atoms with Crippen LogP contribution in [-0.4, -0.2) is 47.7 Å². The van der Waals surface area contributed by atoms with Crippen molar-refractivity contribution in [2.45, 2.75) is 0 Å². The van der Waals surface area contributed by atoms with E-state index in [-0.39, 0.29) is 17.2 Å². The first kappa shape index (κ1) is 21.8. The maximum Gasteiger partial charge on any atom is 0.269 e.